The van der Waals surface area contributed by atoms with Gasteiger partial charge >= 0.3 is 12.2 Å². The topological polar surface area (TPSA) is 76.0 Å². The third-order valence-corrected chi connectivity index (χ3v) is 4.09. The summed E-state index contributed by atoms with van der Waals surface area (Å²) in [5, 5.41) is 4.56. The average Bonchev–Trinajstić information content (AvgIpc) is 2.96. The van der Waals surface area contributed by atoms with Gasteiger partial charge in [0.2, 0.25) is 11.7 Å². The lowest BCUT2D eigenvalue weighted by Crippen LogP contribution is -2.37. The second-order valence-electron chi connectivity index (χ2n) is 6.33. The van der Waals surface area contributed by atoms with Crippen LogP contribution in [0.5, 0.6) is 0 Å². The van der Waals surface area contributed by atoms with Gasteiger partial charge < -0.3 is 9.88 Å². The number of alkyl halides is 3. The molecule has 0 atom stereocenters. The number of aromatic nitrogens is 2. The molecule has 0 aliphatic rings. The molecule has 0 bridgehead atoms. The number of hydrogen-bond donors (Lipinski definition) is 2. The lowest BCUT2D eigenvalue weighted by molar-refractivity contribution is -0.147. The Morgan fingerprint density at radius 2 is 1.82 bits per heavy atom. The molecule has 0 radical (unpaired) electrons. The van der Waals surface area contributed by atoms with Gasteiger partial charge in [-0.15, -0.1) is 0 Å². The smallest absolute Gasteiger partial charge is 0.311 e. The fraction of sp³-hybridized carbons (Fsp3) is 0.211. The van der Waals surface area contributed by atoms with E-state index in [9.17, 15) is 22.8 Å². The van der Waals surface area contributed by atoms with Gasteiger partial charge in [-0.1, -0.05) is 29.8 Å². The number of urea groups is 1. The molecular weight excluding hydrogens is 373 g/mol. The van der Waals surface area contributed by atoms with Gasteiger partial charge in [0.25, 0.3) is 0 Å². The SMILES string of the molecule is Cc1ccc(NC(=O)NC(=O)Cn2c(C(F)(F)F)nc3ccccc32)c(C)c1. The zero-order valence-corrected chi connectivity index (χ0v) is 15.1. The zero-order valence-electron chi connectivity index (χ0n) is 15.1. The average molecular weight is 390 g/mol. The monoisotopic (exact) mass is 390 g/mol. The first-order chi connectivity index (χ1) is 13.1. The van der Waals surface area contributed by atoms with Crippen molar-refractivity contribution >= 4 is 28.7 Å². The van der Waals surface area contributed by atoms with Crippen LogP contribution in [0.3, 0.4) is 0 Å². The number of benzene rings is 2. The molecule has 28 heavy (non-hydrogen) atoms. The van der Waals surface area contributed by atoms with Crippen molar-refractivity contribution in [2.75, 3.05) is 5.32 Å². The van der Waals surface area contributed by atoms with Crippen LogP contribution >= 0.6 is 0 Å². The minimum absolute atomic E-state index is 0.113. The molecule has 0 saturated carbocycles. The third-order valence-electron chi connectivity index (χ3n) is 4.09. The predicted molar refractivity (Wildman–Crippen MR) is 97.8 cm³/mol. The molecule has 6 nitrogen and oxygen atoms in total. The minimum atomic E-state index is -4.74. The van der Waals surface area contributed by atoms with E-state index in [-0.39, 0.29) is 11.0 Å². The van der Waals surface area contributed by atoms with E-state index >= 15 is 0 Å². The first kappa shape index (κ1) is 19.4. The Hall–Kier alpha value is -3.36. The van der Waals surface area contributed by atoms with Crippen LogP contribution in [0.15, 0.2) is 42.5 Å². The molecule has 1 aromatic heterocycles. The number of imide groups is 1. The van der Waals surface area contributed by atoms with Crippen molar-refractivity contribution in [2.24, 2.45) is 0 Å². The molecular formula is C19H17F3N4O2. The van der Waals surface area contributed by atoms with E-state index in [2.05, 4.69) is 10.3 Å². The van der Waals surface area contributed by atoms with Gasteiger partial charge in [-0.2, -0.15) is 13.2 Å². The maximum Gasteiger partial charge on any atom is 0.449 e. The molecule has 3 amide bonds. The summed E-state index contributed by atoms with van der Waals surface area (Å²) in [7, 11) is 0. The van der Waals surface area contributed by atoms with Crippen LogP contribution in [0.2, 0.25) is 0 Å². The number of nitrogens with one attached hydrogen (secondary N) is 2. The summed E-state index contributed by atoms with van der Waals surface area (Å²) in [6.45, 7) is 2.99. The highest BCUT2D eigenvalue weighted by atomic mass is 19.4. The number of anilines is 1. The Balaban J connectivity index is 1.77. The summed E-state index contributed by atoms with van der Waals surface area (Å²) in [5.74, 6) is -2.09. The number of nitrogens with zero attached hydrogens (tertiary/aromatic N) is 2. The zero-order chi connectivity index (χ0) is 20.5. The maximum absolute atomic E-state index is 13.3. The molecule has 1 heterocycles. The fourth-order valence-corrected chi connectivity index (χ4v) is 2.87. The van der Waals surface area contributed by atoms with E-state index in [1.165, 1.54) is 12.1 Å². The van der Waals surface area contributed by atoms with Crippen molar-refractivity contribution in [3.63, 3.8) is 0 Å². The molecule has 0 fully saturated rings. The van der Waals surface area contributed by atoms with Crippen LogP contribution in [-0.2, 0) is 17.5 Å². The molecule has 0 unspecified atom stereocenters. The van der Waals surface area contributed by atoms with Gasteiger partial charge in [-0.05, 0) is 37.6 Å². The summed E-state index contributed by atoms with van der Waals surface area (Å²) >= 11 is 0. The first-order valence-corrected chi connectivity index (χ1v) is 8.35. The van der Waals surface area contributed by atoms with Crippen LogP contribution in [0.25, 0.3) is 11.0 Å². The number of para-hydroxylation sites is 2. The molecule has 0 spiro atoms. The van der Waals surface area contributed by atoms with E-state index in [1.54, 1.807) is 31.2 Å². The Bertz CT molecular complexity index is 1060. The summed E-state index contributed by atoms with van der Waals surface area (Å²) in [5.41, 5.74) is 2.57. The van der Waals surface area contributed by atoms with Gasteiger partial charge in [-0.3, -0.25) is 10.1 Å². The lowest BCUT2D eigenvalue weighted by Gasteiger charge is -2.12. The molecule has 0 aliphatic carbocycles. The third kappa shape index (κ3) is 4.13. The summed E-state index contributed by atoms with van der Waals surface area (Å²) in [4.78, 5) is 27.8. The van der Waals surface area contributed by atoms with E-state index in [4.69, 9.17) is 0 Å². The van der Waals surface area contributed by atoms with Crippen molar-refractivity contribution in [1.82, 2.24) is 14.9 Å². The van der Waals surface area contributed by atoms with Gasteiger partial charge in [0, 0.05) is 5.69 Å². The van der Waals surface area contributed by atoms with Crippen molar-refractivity contribution in [3.8, 4) is 0 Å². The minimum Gasteiger partial charge on any atom is -0.311 e. The van der Waals surface area contributed by atoms with E-state index < -0.39 is 30.5 Å². The van der Waals surface area contributed by atoms with Crippen LogP contribution in [-0.4, -0.2) is 21.5 Å². The number of imidazole rings is 1. The normalized spacial score (nSPS) is 11.5. The Labute approximate surface area is 158 Å². The Morgan fingerprint density at radius 3 is 2.50 bits per heavy atom. The van der Waals surface area contributed by atoms with Gasteiger partial charge in [0.05, 0.1) is 11.0 Å². The van der Waals surface area contributed by atoms with Gasteiger partial charge in [0.1, 0.15) is 6.54 Å². The molecule has 3 rings (SSSR count). The number of fused-ring (bicyclic) bond motifs is 1. The second kappa shape index (κ2) is 7.34. The Kier molecular flexibility index (Phi) is 5.08. The van der Waals surface area contributed by atoms with Crippen LogP contribution in [0, 0.1) is 13.8 Å². The molecule has 2 N–H and O–H groups in total. The molecule has 0 saturated heterocycles. The molecule has 3 aromatic rings. The molecule has 9 heteroatoms. The second-order valence-corrected chi connectivity index (χ2v) is 6.33. The highest BCUT2D eigenvalue weighted by molar-refractivity contribution is 6.01. The van der Waals surface area contributed by atoms with Crippen LogP contribution in [0.1, 0.15) is 17.0 Å². The standard InChI is InChI=1S/C19H17F3N4O2/c1-11-7-8-13(12(2)9-11)24-18(28)25-16(27)10-26-15-6-4-3-5-14(15)23-17(26)19(20,21)22/h3-9H,10H2,1-2H3,(H2,24,25,27,28). The summed E-state index contributed by atoms with van der Waals surface area (Å²) in [6.07, 6.45) is -4.74. The van der Waals surface area contributed by atoms with Crippen molar-refractivity contribution in [2.45, 2.75) is 26.6 Å². The van der Waals surface area contributed by atoms with Crippen molar-refractivity contribution in [1.29, 1.82) is 0 Å². The summed E-state index contributed by atoms with van der Waals surface area (Å²) in [6, 6.07) is 10.5. The van der Waals surface area contributed by atoms with E-state index in [1.807, 2.05) is 18.3 Å². The van der Waals surface area contributed by atoms with Crippen molar-refractivity contribution < 1.29 is 22.8 Å². The molecule has 0 aliphatic heterocycles. The predicted octanol–water partition coefficient (Wildman–Crippen LogP) is 4.02. The maximum atomic E-state index is 13.3. The number of hydrogen-bond acceptors (Lipinski definition) is 3. The fourth-order valence-electron chi connectivity index (χ4n) is 2.87. The van der Waals surface area contributed by atoms with Gasteiger partial charge in [-0.25, -0.2) is 9.78 Å². The first-order valence-electron chi connectivity index (χ1n) is 8.35. The number of amides is 3. The Morgan fingerprint density at radius 1 is 1.11 bits per heavy atom. The molecule has 2 aromatic carbocycles. The number of halogens is 3. The highest BCUT2D eigenvalue weighted by Crippen LogP contribution is 2.31. The quantitative estimate of drug-likeness (QED) is 0.709. The number of rotatable bonds is 3. The van der Waals surface area contributed by atoms with E-state index in [0.29, 0.717) is 5.69 Å². The molecule has 146 valence electrons. The van der Waals surface area contributed by atoms with Crippen LogP contribution < -0.4 is 10.6 Å². The van der Waals surface area contributed by atoms with Gasteiger partial charge in [0.15, 0.2) is 0 Å². The summed E-state index contributed by atoms with van der Waals surface area (Å²) < 4.78 is 40.6. The number of carbonyl (C=O) groups is 2. The lowest BCUT2D eigenvalue weighted by atomic mass is 10.1. The van der Waals surface area contributed by atoms with E-state index in [0.717, 1.165) is 15.7 Å². The number of aryl methyl sites for hydroxylation is 2. The highest BCUT2D eigenvalue weighted by Gasteiger charge is 2.38. The number of carbonyl (C=O) groups excluding carboxylic acids is 2. The van der Waals surface area contributed by atoms with Crippen LogP contribution in [0.4, 0.5) is 23.7 Å². The van der Waals surface area contributed by atoms with Crippen molar-refractivity contribution in [3.05, 3.63) is 59.4 Å². The largest absolute Gasteiger partial charge is 0.449 e.